The molecule has 0 saturated heterocycles. The molecule has 0 radical (unpaired) electrons. The molecule has 1 aromatic heterocycles. The lowest BCUT2D eigenvalue weighted by Crippen LogP contribution is -2.37. The van der Waals surface area contributed by atoms with Crippen LogP contribution in [0.4, 0.5) is 4.39 Å². The lowest BCUT2D eigenvalue weighted by Gasteiger charge is -2.12. The SMILES string of the molecule is CN=C(NCc1ccccc1F)NCc1nnc(C)n1C. The fourth-order valence-electron chi connectivity index (χ4n) is 1.81. The smallest absolute Gasteiger partial charge is 0.191 e. The van der Waals surface area contributed by atoms with Crippen molar-refractivity contribution in [3.63, 3.8) is 0 Å². The van der Waals surface area contributed by atoms with Crippen LogP contribution in [0, 0.1) is 12.7 Å². The van der Waals surface area contributed by atoms with Crippen molar-refractivity contribution in [1.82, 2.24) is 25.4 Å². The molecular formula is C14H19FN6. The highest BCUT2D eigenvalue weighted by Gasteiger charge is 2.06. The first-order chi connectivity index (χ1) is 10.1. The number of aromatic nitrogens is 3. The van der Waals surface area contributed by atoms with Crippen molar-refractivity contribution in [2.75, 3.05) is 7.05 Å². The van der Waals surface area contributed by atoms with E-state index in [0.29, 0.717) is 24.6 Å². The van der Waals surface area contributed by atoms with Gasteiger partial charge in [0.1, 0.15) is 11.6 Å². The van der Waals surface area contributed by atoms with E-state index in [1.54, 1.807) is 25.2 Å². The van der Waals surface area contributed by atoms with Gasteiger partial charge in [0.2, 0.25) is 0 Å². The fourth-order valence-corrected chi connectivity index (χ4v) is 1.81. The largest absolute Gasteiger partial charge is 0.352 e. The summed E-state index contributed by atoms with van der Waals surface area (Å²) in [5, 5.41) is 14.2. The number of rotatable bonds is 4. The molecule has 0 bridgehead atoms. The van der Waals surface area contributed by atoms with E-state index in [2.05, 4.69) is 25.8 Å². The molecule has 0 aliphatic heterocycles. The van der Waals surface area contributed by atoms with Crippen LogP contribution in [0.5, 0.6) is 0 Å². The highest BCUT2D eigenvalue weighted by Crippen LogP contribution is 2.05. The topological polar surface area (TPSA) is 67.1 Å². The van der Waals surface area contributed by atoms with E-state index >= 15 is 0 Å². The summed E-state index contributed by atoms with van der Waals surface area (Å²) in [5.41, 5.74) is 0.593. The van der Waals surface area contributed by atoms with E-state index < -0.39 is 0 Å². The first-order valence-electron chi connectivity index (χ1n) is 6.64. The molecule has 0 saturated carbocycles. The molecule has 2 N–H and O–H groups in total. The van der Waals surface area contributed by atoms with Crippen LogP contribution < -0.4 is 10.6 Å². The summed E-state index contributed by atoms with van der Waals surface area (Å²) in [6.07, 6.45) is 0. The molecule has 0 atom stereocenters. The Morgan fingerprint density at radius 1 is 1.24 bits per heavy atom. The van der Waals surface area contributed by atoms with Crippen molar-refractivity contribution in [2.24, 2.45) is 12.0 Å². The van der Waals surface area contributed by atoms with Crippen LogP contribution in [0.3, 0.4) is 0 Å². The second-order valence-corrected chi connectivity index (χ2v) is 4.59. The third-order valence-corrected chi connectivity index (χ3v) is 3.22. The van der Waals surface area contributed by atoms with Gasteiger partial charge in [-0.25, -0.2) is 4.39 Å². The summed E-state index contributed by atoms with van der Waals surface area (Å²) in [6.45, 7) is 2.75. The minimum atomic E-state index is -0.232. The lowest BCUT2D eigenvalue weighted by molar-refractivity contribution is 0.604. The average molecular weight is 290 g/mol. The van der Waals surface area contributed by atoms with E-state index in [0.717, 1.165) is 11.6 Å². The number of aryl methyl sites for hydroxylation is 1. The maximum Gasteiger partial charge on any atom is 0.191 e. The van der Waals surface area contributed by atoms with Crippen LogP contribution in [-0.2, 0) is 20.1 Å². The molecule has 2 aromatic rings. The third-order valence-electron chi connectivity index (χ3n) is 3.22. The summed E-state index contributed by atoms with van der Waals surface area (Å²) < 4.78 is 15.4. The first-order valence-corrected chi connectivity index (χ1v) is 6.64. The standard InChI is InChI=1S/C14H19FN6/c1-10-19-20-13(21(10)3)9-18-14(16-2)17-8-11-6-4-5-7-12(11)15/h4-7H,8-9H2,1-3H3,(H2,16,17,18). The Bertz CT molecular complexity index is 634. The minimum absolute atomic E-state index is 0.232. The Kier molecular flexibility index (Phi) is 4.86. The highest BCUT2D eigenvalue weighted by molar-refractivity contribution is 5.79. The van der Waals surface area contributed by atoms with Gasteiger partial charge in [-0.2, -0.15) is 0 Å². The van der Waals surface area contributed by atoms with E-state index in [-0.39, 0.29) is 5.82 Å². The maximum absolute atomic E-state index is 13.5. The molecule has 112 valence electrons. The van der Waals surface area contributed by atoms with Crippen molar-refractivity contribution in [3.05, 3.63) is 47.3 Å². The van der Waals surface area contributed by atoms with Crippen molar-refractivity contribution in [2.45, 2.75) is 20.0 Å². The summed E-state index contributed by atoms with van der Waals surface area (Å²) in [7, 11) is 3.57. The molecule has 2 rings (SSSR count). The number of hydrogen-bond acceptors (Lipinski definition) is 3. The number of benzene rings is 1. The number of halogens is 1. The Morgan fingerprint density at radius 2 is 1.95 bits per heavy atom. The second kappa shape index (κ2) is 6.83. The van der Waals surface area contributed by atoms with E-state index in [4.69, 9.17) is 0 Å². The number of aliphatic imine (C=N–C) groups is 1. The van der Waals surface area contributed by atoms with Gasteiger partial charge in [-0.15, -0.1) is 10.2 Å². The van der Waals surface area contributed by atoms with Crippen molar-refractivity contribution >= 4 is 5.96 Å². The normalized spacial score (nSPS) is 11.5. The van der Waals surface area contributed by atoms with Crippen LogP contribution in [-0.4, -0.2) is 27.8 Å². The fraction of sp³-hybridized carbons (Fsp3) is 0.357. The second-order valence-electron chi connectivity index (χ2n) is 4.59. The van der Waals surface area contributed by atoms with Crippen molar-refractivity contribution in [1.29, 1.82) is 0 Å². The Hall–Kier alpha value is -2.44. The average Bonchev–Trinajstić information content (AvgIpc) is 2.81. The van der Waals surface area contributed by atoms with Gasteiger partial charge in [0.05, 0.1) is 6.54 Å². The minimum Gasteiger partial charge on any atom is -0.352 e. The molecule has 0 amide bonds. The van der Waals surface area contributed by atoms with Crippen molar-refractivity contribution < 1.29 is 4.39 Å². The summed E-state index contributed by atoms with van der Waals surface area (Å²) in [5.74, 6) is 2.01. The Labute approximate surface area is 123 Å². The predicted molar refractivity (Wildman–Crippen MR) is 79.2 cm³/mol. The zero-order chi connectivity index (χ0) is 15.2. The molecule has 7 heteroatoms. The highest BCUT2D eigenvalue weighted by atomic mass is 19.1. The summed E-state index contributed by atoms with van der Waals surface area (Å²) >= 11 is 0. The van der Waals surface area contributed by atoms with Gasteiger partial charge >= 0.3 is 0 Å². The molecule has 0 spiro atoms. The van der Waals surface area contributed by atoms with Crippen LogP contribution in [0.25, 0.3) is 0 Å². The van der Waals surface area contributed by atoms with Gasteiger partial charge < -0.3 is 15.2 Å². The molecule has 21 heavy (non-hydrogen) atoms. The molecule has 0 unspecified atom stereocenters. The van der Waals surface area contributed by atoms with E-state index in [9.17, 15) is 4.39 Å². The summed E-state index contributed by atoms with van der Waals surface area (Å²) in [6, 6.07) is 6.65. The van der Waals surface area contributed by atoms with Gasteiger partial charge in [-0.1, -0.05) is 18.2 Å². The van der Waals surface area contributed by atoms with E-state index in [1.807, 2.05) is 18.5 Å². The zero-order valence-electron chi connectivity index (χ0n) is 12.4. The monoisotopic (exact) mass is 290 g/mol. The molecule has 0 aliphatic rings. The van der Waals surface area contributed by atoms with Gasteiger partial charge in [0.15, 0.2) is 11.8 Å². The van der Waals surface area contributed by atoms with E-state index in [1.165, 1.54) is 6.07 Å². The molecule has 0 fully saturated rings. The Balaban J connectivity index is 1.90. The van der Waals surface area contributed by atoms with Crippen LogP contribution in [0.15, 0.2) is 29.3 Å². The van der Waals surface area contributed by atoms with Crippen LogP contribution in [0.1, 0.15) is 17.2 Å². The number of guanidine groups is 1. The van der Waals surface area contributed by atoms with Gasteiger partial charge in [-0.05, 0) is 13.0 Å². The molecular weight excluding hydrogens is 271 g/mol. The molecule has 0 aliphatic carbocycles. The van der Waals surface area contributed by atoms with Gasteiger partial charge in [0, 0.05) is 26.2 Å². The number of hydrogen-bond donors (Lipinski definition) is 2. The number of nitrogens with zero attached hydrogens (tertiary/aromatic N) is 4. The van der Waals surface area contributed by atoms with Gasteiger partial charge in [0.25, 0.3) is 0 Å². The molecule has 1 heterocycles. The van der Waals surface area contributed by atoms with Crippen molar-refractivity contribution in [3.8, 4) is 0 Å². The zero-order valence-corrected chi connectivity index (χ0v) is 12.4. The summed E-state index contributed by atoms with van der Waals surface area (Å²) in [4.78, 5) is 4.10. The lowest BCUT2D eigenvalue weighted by atomic mass is 10.2. The van der Waals surface area contributed by atoms with Gasteiger partial charge in [-0.3, -0.25) is 4.99 Å². The third kappa shape index (κ3) is 3.77. The predicted octanol–water partition coefficient (Wildman–Crippen LogP) is 1.13. The first kappa shape index (κ1) is 15.0. The van der Waals surface area contributed by atoms with Crippen LogP contribution >= 0.6 is 0 Å². The number of nitrogens with one attached hydrogen (secondary N) is 2. The maximum atomic E-state index is 13.5. The molecule has 6 nitrogen and oxygen atoms in total. The van der Waals surface area contributed by atoms with Crippen LogP contribution in [0.2, 0.25) is 0 Å². The Morgan fingerprint density at radius 3 is 2.57 bits per heavy atom. The quantitative estimate of drug-likeness (QED) is 0.654. The molecule has 1 aromatic carbocycles.